The van der Waals surface area contributed by atoms with Gasteiger partial charge in [0.1, 0.15) is 5.67 Å². The fourth-order valence-electron chi connectivity index (χ4n) is 1.69. The zero-order valence-corrected chi connectivity index (χ0v) is 7.46. The lowest BCUT2D eigenvalue weighted by molar-refractivity contribution is 0.189. The van der Waals surface area contributed by atoms with Crippen LogP contribution < -0.4 is 5.32 Å². The maximum absolute atomic E-state index is 13.9. The molecule has 0 aromatic carbocycles. The molecule has 0 spiro atoms. The molecule has 1 fully saturated rings. The molecule has 0 radical (unpaired) electrons. The van der Waals surface area contributed by atoms with Gasteiger partial charge < -0.3 is 5.32 Å². The molecule has 0 saturated carbocycles. The molecular weight excluding hydrogens is 167 g/mol. The minimum atomic E-state index is -1.08. The number of hydrogen-bond acceptors (Lipinski definition) is 2. The van der Waals surface area contributed by atoms with Crippen molar-refractivity contribution < 1.29 is 4.39 Å². The Balaban J connectivity index is 2.05. The lowest BCUT2D eigenvalue weighted by atomic mass is 9.99. The van der Waals surface area contributed by atoms with Crippen molar-refractivity contribution in [2.75, 3.05) is 13.1 Å². The van der Waals surface area contributed by atoms with Crippen LogP contribution >= 0.6 is 0 Å². The van der Waals surface area contributed by atoms with E-state index in [1.807, 2.05) is 18.2 Å². The second-order valence-corrected chi connectivity index (χ2v) is 3.58. The number of nitrogens with zero attached hydrogens (tertiary/aromatic N) is 1. The van der Waals surface area contributed by atoms with Crippen molar-refractivity contribution in [3.05, 3.63) is 30.1 Å². The quantitative estimate of drug-likeness (QED) is 0.742. The van der Waals surface area contributed by atoms with Crippen LogP contribution in [0.3, 0.4) is 0 Å². The molecule has 2 rings (SSSR count). The van der Waals surface area contributed by atoms with Gasteiger partial charge in [-0.15, -0.1) is 0 Å². The molecule has 2 nitrogen and oxygen atoms in total. The SMILES string of the molecule is FC1(Cc2ccccn2)CCNC1. The fourth-order valence-corrected chi connectivity index (χ4v) is 1.69. The number of pyridine rings is 1. The maximum atomic E-state index is 13.9. The first-order valence-corrected chi connectivity index (χ1v) is 4.58. The van der Waals surface area contributed by atoms with Crippen LogP contribution in [0.4, 0.5) is 4.39 Å². The summed E-state index contributed by atoms with van der Waals surface area (Å²) in [6.45, 7) is 1.24. The predicted octanol–water partition coefficient (Wildman–Crippen LogP) is 1.33. The summed E-state index contributed by atoms with van der Waals surface area (Å²) in [6, 6.07) is 5.62. The van der Waals surface area contributed by atoms with Gasteiger partial charge >= 0.3 is 0 Å². The summed E-state index contributed by atoms with van der Waals surface area (Å²) in [5.74, 6) is 0. The Labute approximate surface area is 77.2 Å². The van der Waals surface area contributed by atoms with Gasteiger partial charge in [-0.25, -0.2) is 4.39 Å². The molecular formula is C10H13FN2. The van der Waals surface area contributed by atoms with Crippen molar-refractivity contribution in [3.8, 4) is 0 Å². The van der Waals surface area contributed by atoms with E-state index in [0.29, 0.717) is 19.4 Å². The van der Waals surface area contributed by atoms with Gasteiger partial charge in [-0.2, -0.15) is 0 Å². The zero-order chi connectivity index (χ0) is 9.15. The van der Waals surface area contributed by atoms with Gasteiger partial charge in [0.05, 0.1) is 0 Å². The zero-order valence-electron chi connectivity index (χ0n) is 7.46. The minimum absolute atomic E-state index is 0.431. The third-order valence-electron chi connectivity index (χ3n) is 2.42. The van der Waals surface area contributed by atoms with Crippen molar-refractivity contribution >= 4 is 0 Å². The van der Waals surface area contributed by atoms with Gasteiger partial charge in [0.15, 0.2) is 0 Å². The summed E-state index contributed by atoms with van der Waals surface area (Å²) in [5, 5.41) is 3.03. The van der Waals surface area contributed by atoms with Crippen molar-refractivity contribution in [3.63, 3.8) is 0 Å². The van der Waals surface area contributed by atoms with E-state index in [0.717, 1.165) is 12.2 Å². The first-order chi connectivity index (χ1) is 6.29. The van der Waals surface area contributed by atoms with Crippen LogP contribution in [-0.2, 0) is 6.42 Å². The Bertz CT molecular complexity index is 268. The Morgan fingerprint density at radius 3 is 3.08 bits per heavy atom. The highest BCUT2D eigenvalue weighted by Crippen LogP contribution is 2.23. The van der Waals surface area contributed by atoms with Gasteiger partial charge in [0.2, 0.25) is 0 Å². The smallest absolute Gasteiger partial charge is 0.130 e. The second kappa shape index (κ2) is 3.42. The first-order valence-electron chi connectivity index (χ1n) is 4.58. The molecule has 0 bridgehead atoms. The summed E-state index contributed by atoms with van der Waals surface area (Å²) in [7, 11) is 0. The molecule has 1 N–H and O–H groups in total. The van der Waals surface area contributed by atoms with Crippen molar-refractivity contribution in [2.24, 2.45) is 0 Å². The molecule has 1 atom stereocenters. The van der Waals surface area contributed by atoms with Gasteiger partial charge in [-0.3, -0.25) is 4.98 Å². The van der Waals surface area contributed by atoms with E-state index in [9.17, 15) is 4.39 Å². The molecule has 1 saturated heterocycles. The highest BCUT2D eigenvalue weighted by atomic mass is 19.1. The van der Waals surface area contributed by atoms with E-state index in [1.54, 1.807) is 6.20 Å². The van der Waals surface area contributed by atoms with Crippen LogP contribution in [0.1, 0.15) is 12.1 Å². The van der Waals surface area contributed by atoms with Gasteiger partial charge in [0, 0.05) is 24.9 Å². The average Bonchev–Trinajstić information content (AvgIpc) is 2.54. The summed E-state index contributed by atoms with van der Waals surface area (Å²) in [5.41, 5.74) is -0.234. The van der Waals surface area contributed by atoms with Crippen LogP contribution in [0.25, 0.3) is 0 Å². The van der Waals surface area contributed by atoms with Crippen LogP contribution in [0.2, 0.25) is 0 Å². The number of aromatic nitrogens is 1. The lowest BCUT2D eigenvalue weighted by Crippen LogP contribution is -2.28. The molecule has 13 heavy (non-hydrogen) atoms. The number of halogens is 1. The molecule has 1 unspecified atom stereocenters. The van der Waals surface area contributed by atoms with E-state index in [1.165, 1.54) is 0 Å². The Kier molecular flexibility index (Phi) is 2.27. The maximum Gasteiger partial charge on any atom is 0.130 e. The standard InChI is InChI=1S/C10H13FN2/c11-10(4-6-12-8-10)7-9-3-1-2-5-13-9/h1-3,5,12H,4,6-8H2. The molecule has 1 aromatic heterocycles. The summed E-state index contributed by atoms with van der Waals surface area (Å²) in [4.78, 5) is 4.12. The normalized spacial score (nSPS) is 27.8. The Hall–Kier alpha value is -0.960. The molecule has 0 amide bonds. The van der Waals surface area contributed by atoms with Gasteiger partial charge in [0.25, 0.3) is 0 Å². The summed E-state index contributed by atoms with van der Waals surface area (Å²) >= 11 is 0. The first kappa shape index (κ1) is 8.63. The van der Waals surface area contributed by atoms with E-state index >= 15 is 0 Å². The fraction of sp³-hybridized carbons (Fsp3) is 0.500. The summed E-state index contributed by atoms with van der Waals surface area (Å²) in [6.07, 6.45) is 2.74. The van der Waals surface area contributed by atoms with Crippen molar-refractivity contribution in [1.82, 2.24) is 10.3 Å². The van der Waals surface area contributed by atoms with Crippen LogP contribution in [0, 0.1) is 0 Å². The second-order valence-electron chi connectivity index (χ2n) is 3.58. The third kappa shape index (κ3) is 2.04. The number of rotatable bonds is 2. The highest BCUT2D eigenvalue weighted by Gasteiger charge is 2.33. The Morgan fingerprint density at radius 2 is 2.46 bits per heavy atom. The van der Waals surface area contributed by atoms with Crippen LogP contribution in [-0.4, -0.2) is 23.7 Å². The van der Waals surface area contributed by atoms with Gasteiger partial charge in [-0.05, 0) is 25.1 Å². The predicted molar refractivity (Wildman–Crippen MR) is 49.3 cm³/mol. The van der Waals surface area contributed by atoms with E-state index in [4.69, 9.17) is 0 Å². The molecule has 3 heteroatoms. The average molecular weight is 180 g/mol. The molecule has 1 aliphatic heterocycles. The number of alkyl halides is 1. The molecule has 1 aromatic rings. The molecule has 2 heterocycles. The monoisotopic (exact) mass is 180 g/mol. The molecule has 0 aliphatic carbocycles. The van der Waals surface area contributed by atoms with E-state index < -0.39 is 5.67 Å². The topological polar surface area (TPSA) is 24.9 Å². The number of hydrogen-bond donors (Lipinski definition) is 1. The van der Waals surface area contributed by atoms with Crippen molar-refractivity contribution in [2.45, 2.75) is 18.5 Å². The van der Waals surface area contributed by atoms with Crippen molar-refractivity contribution in [1.29, 1.82) is 0 Å². The summed E-state index contributed by atoms with van der Waals surface area (Å²) < 4.78 is 13.9. The van der Waals surface area contributed by atoms with E-state index in [-0.39, 0.29) is 0 Å². The van der Waals surface area contributed by atoms with Gasteiger partial charge in [-0.1, -0.05) is 6.07 Å². The minimum Gasteiger partial charge on any atom is -0.313 e. The highest BCUT2D eigenvalue weighted by molar-refractivity contribution is 5.08. The largest absolute Gasteiger partial charge is 0.313 e. The number of nitrogens with one attached hydrogen (secondary N) is 1. The van der Waals surface area contributed by atoms with Crippen LogP contribution in [0.15, 0.2) is 24.4 Å². The third-order valence-corrected chi connectivity index (χ3v) is 2.42. The van der Waals surface area contributed by atoms with Crippen LogP contribution in [0.5, 0.6) is 0 Å². The van der Waals surface area contributed by atoms with E-state index in [2.05, 4.69) is 10.3 Å². The Morgan fingerprint density at radius 1 is 1.54 bits per heavy atom. The molecule has 70 valence electrons. The molecule has 1 aliphatic rings. The lowest BCUT2D eigenvalue weighted by Gasteiger charge is -2.16.